The highest BCUT2D eigenvalue weighted by atomic mass is 15.3. The summed E-state index contributed by atoms with van der Waals surface area (Å²) in [6.07, 6.45) is 1.81. The molecule has 4 heteroatoms. The topological polar surface area (TPSA) is 35.2 Å². The van der Waals surface area contributed by atoms with Crippen LogP contribution in [-0.4, -0.2) is 47.3 Å². The lowest BCUT2D eigenvalue weighted by molar-refractivity contribution is 0.209. The molecule has 2 heterocycles. The fourth-order valence-electron chi connectivity index (χ4n) is 1.90. The molecule has 2 rings (SSSR count). The number of nitrogens with one attached hydrogen (secondary N) is 1. The summed E-state index contributed by atoms with van der Waals surface area (Å²) in [6.45, 7) is 9.01. The molecule has 0 radical (unpaired) electrons. The number of piperazine rings is 1. The lowest BCUT2D eigenvalue weighted by Crippen LogP contribution is -2.49. The van der Waals surface area contributed by atoms with Gasteiger partial charge in [-0.2, -0.15) is 5.10 Å². The summed E-state index contributed by atoms with van der Waals surface area (Å²) in [5, 5.41) is 6.98. The van der Waals surface area contributed by atoms with Crippen molar-refractivity contribution in [2.45, 2.75) is 19.9 Å². The molecule has 0 saturated carbocycles. The number of aromatic nitrogens is 2. The van der Waals surface area contributed by atoms with Crippen LogP contribution in [0.25, 0.3) is 0 Å². The first-order chi connectivity index (χ1) is 6.77. The number of hydrogen-bond acceptors (Lipinski definition) is 3. The highest BCUT2D eigenvalue weighted by Gasteiger charge is 2.19. The van der Waals surface area contributed by atoms with E-state index in [1.54, 1.807) is 0 Å². The summed E-state index contributed by atoms with van der Waals surface area (Å²) in [5.74, 6) is 1.15. The highest BCUT2D eigenvalue weighted by Crippen LogP contribution is 2.13. The second-order valence-corrected chi connectivity index (χ2v) is 4.06. The van der Waals surface area contributed by atoms with Gasteiger partial charge in [-0.25, -0.2) is 0 Å². The summed E-state index contributed by atoms with van der Waals surface area (Å²) in [5.41, 5.74) is 0. The van der Waals surface area contributed by atoms with Gasteiger partial charge in [0.1, 0.15) is 5.82 Å². The van der Waals surface area contributed by atoms with Crippen LogP contribution >= 0.6 is 0 Å². The van der Waals surface area contributed by atoms with Crippen LogP contribution in [0.1, 0.15) is 13.8 Å². The fourth-order valence-corrected chi connectivity index (χ4v) is 1.90. The number of nitrogens with zero attached hydrogens (tertiary/aromatic N) is 3. The minimum atomic E-state index is 0.666. The van der Waals surface area contributed by atoms with Crippen LogP contribution in [-0.2, 0) is 0 Å². The second-order valence-electron chi connectivity index (χ2n) is 4.06. The molecule has 14 heavy (non-hydrogen) atoms. The lowest BCUT2D eigenvalue weighted by Gasteiger charge is -2.37. The highest BCUT2D eigenvalue weighted by molar-refractivity contribution is 5.36. The summed E-state index contributed by atoms with van der Waals surface area (Å²) >= 11 is 0. The van der Waals surface area contributed by atoms with Gasteiger partial charge in [0.2, 0.25) is 0 Å². The van der Waals surface area contributed by atoms with Crippen LogP contribution in [0.5, 0.6) is 0 Å². The van der Waals surface area contributed by atoms with Crippen molar-refractivity contribution in [3.63, 3.8) is 0 Å². The molecule has 0 bridgehead atoms. The Morgan fingerprint density at radius 1 is 1.29 bits per heavy atom. The molecule has 1 fully saturated rings. The van der Waals surface area contributed by atoms with E-state index >= 15 is 0 Å². The van der Waals surface area contributed by atoms with Crippen LogP contribution in [0.2, 0.25) is 0 Å². The Labute approximate surface area is 84.9 Å². The number of rotatable bonds is 2. The maximum Gasteiger partial charge on any atom is 0.124 e. The van der Waals surface area contributed by atoms with Crippen LogP contribution in [0.3, 0.4) is 0 Å². The molecule has 1 N–H and O–H groups in total. The first kappa shape index (κ1) is 9.52. The maximum atomic E-state index is 3.97. The Kier molecular flexibility index (Phi) is 2.72. The Hall–Kier alpha value is -1.03. The Balaban J connectivity index is 1.90. The van der Waals surface area contributed by atoms with Gasteiger partial charge in [-0.1, -0.05) is 0 Å². The van der Waals surface area contributed by atoms with Crippen LogP contribution < -0.4 is 4.90 Å². The van der Waals surface area contributed by atoms with Crippen molar-refractivity contribution < 1.29 is 0 Å². The molecule has 1 aliphatic rings. The van der Waals surface area contributed by atoms with E-state index in [1.165, 1.54) is 0 Å². The van der Waals surface area contributed by atoms with Gasteiger partial charge in [0, 0.05) is 38.3 Å². The quantitative estimate of drug-likeness (QED) is 0.761. The smallest absolute Gasteiger partial charge is 0.124 e. The molecular weight excluding hydrogens is 176 g/mol. The molecule has 0 aromatic carbocycles. The molecular formula is C10H18N4. The minimum absolute atomic E-state index is 0.666. The number of H-pyrrole nitrogens is 1. The van der Waals surface area contributed by atoms with Gasteiger partial charge < -0.3 is 4.90 Å². The van der Waals surface area contributed by atoms with Crippen LogP contribution in [0.4, 0.5) is 5.82 Å². The van der Waals surface area contributed by atoms with Crippen molar-refractivity contribution in [2.75, 3.05) is 31.1 Å². The van der Waals surface area contributed by atoms with Gasteiger partial charge >= 0.3 is 0 Å². The maximum absolute atomic E-state index is 3.97. The average molecular weight is 194 g/mol. The van der Waals surface area contributed by atoms with Gasteiger partial charge in [0.05, 0.1) is 6.20 Å². The molecule has 0 amide bonds. The predicted molar refractivity (Wildman–Crippen MR) is 57.5 cm³/mol. The van der Waals surface area contributed by atoms with E-state index in [9.17, 15) is 0 Å². The summed E-state index contributed by atoms with van der Waals surface area (Å²) in [7, 11) is 0. The largest absolute Gasteiger partial charge is 0.354 e. The van der Waals surface area contributed by atoms with Gasteiger partial charge in [0.25, 0.3) is 0 Å². The molecule has 0 spiro atoms. The Morgan fingerprint density at radius 3 is 2.50 bits per heavy atom. The van der Waals surface area contributed by atoms with Gasteiger partial charge in [-0.05, 0) is 13.8 Å². The Morgan fingerprint density at radius 2 is 2.00 bits per heavy atom. The zero-order valence-corrected chi connectivity index (χ0v) is 8.90. The monoisotopic (exact) mass is 194 g/mol. The average Bonchev–Trinajstić information content (AvgIpc) is 2.71. The van der Waals surface area contributed by atoms with E-state index < -0.39 is 0 Å². The van der Waals surface area contributed by atoms with Gasteiger partial charge in [0.15, 0.2) is 0 Å². The van der Waals surface area contributed by atoms with Crippen molar-refractivity contribution in [3.05, 3.63) is 12.3 Å². The van der Waals surface area contributed by atoms with Crippen molar-refractivity contribution in [3.8, 4) is 0 Å². The zero-order chi connectivity index (χ0) is 9.97. The molecule has 1 aromatic rings. The first-order valence-corrected chi connectivity index (χ1v) is 5.26. The SMILES string of the molecule is CC(C)N1CCN(c2ccn[nH]2)CC1. The van der Waals surface area contributed by atoms with E-state index in [4.69, 9.17) is 0 Å². The summed E-state index contributed by atoms with van der Waals surface area (Å²) in [4.78, 5) is 4.86. The Bertz CT molecular complexity index is 260. The van der Waals surface area contributed by atoms with Crippen molar-refractivity contribution in [1.29, 1.82) is 0 Å². The van der Waals surface area contributed by atoms with Crippen molar-refractivity contribution in [2.24, 2.45) is 0 Å². The second kappa shape index (κ2) is 4.00. The lowest BCUT2D eigenvalue weighted by atomic mass is 10.2. The molecule has 1 aliphatic heterocycles. The van der Waals surface area contributed by atoms with E-state index in [-0.39, 0.29) is 0 Å². The molecule has 0 aliphatic carbocycles. The molecule has 0 unspecified atom stereocenters. The van der Waals surface area contributed by atoms with Gasteiger partial charge in [-0.3, -0.25) is 10.00 Å². The predicted octanol–water partition coefficient (Wildman–Crippen LogP) is 0.940. The molecule has 1 saturated heterocycles. The molecule has 1 aromatic heterocycles. The minimum Gasteiger partial charge on any atom is -0.354 e. The number of anilines is 1. The third-order valence-electron chi connectivity index (χ3n) is 2.87. The van der Waals surface area contributed by atoms with Crippen molar-refractivity contribution >= 4 is 5.82 Å². The molecule has 0 atom stereocenters. The van der Waals surface area contributed by atoms with E-state index in [0.29, 0.717) is 6.04 Å². The normalized spacial score (nSPS) is 19.2. The van der Waals surface area contributed by atoms with Crippen LogP contribution in [0.15, 0.2) is 12.3 Å². The summed E-state index contributed by atoms with van der Waals surface area (Å²) in [6, 6.07) is 2.70. The number of hydrogen-bond donors (Lipinski definition) is 1. The molecule has 78 valence electrons. The van der Waals surface area contributed by atoms with E-state index in [2.05, 4.69) is 33.8 Å². The van der Waals surface area contributed by atoms with Gasteiger partial charge in [-0.15, -0.1) is 0 Å². The third-order valence-corrected chi connectivity index (χ3v) is 2.87. The molecule has 4 nitrogen and oxygen atoms in total. The van der Waals surface area contributed by atoms with Crippen LogP contribution in [0, 0.1) is 0 Å². The zero-order valence-electron chi connectivity index (χ0n) is 8.90. The van der Waals surface area contributed by atoms with E-state index in [0.717, 1.165) is 32.0 Å². The summed E-state index contributed by atoms with van der Waals surface area (Å²) < 4.78 is 0. The number of aromatic amines is 1. The van der Waals surface area contributed by atoms with Crippen molar-refractivity contribution in [1.82, 2.24) is 15.1 Å². The first-order valence-electron chi connectivity index (χ1n) is 5.26. The standard InChI is InChI=1S/C10H18N4/c1-9(2)13-5-7-14(8-6-13)10-3-4-11-12-10/h3-4,9H,5-8H2,1-2H3,(H,11,12). The fraction of sp³-hybridized carbons (Fsp3) is 0.700. The third kappa shape index (κ3) is 1.90. The van der Waals surface area contributed by atoms with E-state index in [1.807, 2.05) is 12.3 Å².